The van der Waals surface area contributed by atoms with Crippen LogP contribution in [0.25, 0.3) is 10.9 Å². The van der Waals surface area contributed by atoms with Crippen LogP contribution in [0.5, 0.6) is 0 Å². The molecule has 0 radical (unpaired) electrons. The van der Waals surface area contributed by atoms with E-state index in [1.54, 1.807) is 18.5 Å². The summed E-state index contributed by atoms with van der Waals surface area (Å²) in [6, 6.07) is 18.7. The molecule has 51 heavy (non-hydrogen) atoms. The smallest absolute Gasteiger partial charge is 0.412 e. The topological polar surface area (TPSA) is 150 Å². The van der Waals surface area contributed by atoms with Gasteiger partial charge < -0.3 is 35.2 Å². The summed E-state index contributed by atoms with van der Waals surface area (Å²) >= 11 is 0. The van der Waals surface area contributed by atoms with Crippen molar-refractivity contribution in [2.75, 3.05) is 59.7 Å². The molecule has 0 aliphatic carbocycles. The van der Waals surface area contributed by atoms with E-state index in [2.05, 4.69) is 43.0 Å². The van der Waals surface area contributed by atoms with Gasteiger partial charge >= 0.3 is 12.2 Å². The summed E-state index contributed by atoms with van der Waals surface area (Å²) < 4.78 is 11.0. The molecule has 0 saturated carbocycles. The number of carbonyl (C=O) groups excluding carboxylic acids is 3. The van der Waals surface area contributed by atoms with Crippen molar-refractivity contribution in [1.82, 2.24) is 20.6 Å². The van der Waals surface area contributed by atoms with Gasteiger partial charge in [-0.1, -0.05) is 43.3 Å². The Balaban J connectivity index is 1.26. The van der Waals surface area contributed by atoms with Crippen molar-refractivity contribution in [2.24, 2.45) is 5.92 Å². The average Bonchev–Trinajstić information content (AvgIpc) is 3.10. The third-order valence-electron chi connectivity index (χ3n) is 8.72. The number of piperidine rings is 1. The summed E-state index contributed by atoms with van der Waals surface area (Å²) in [5.41, 5.74) is 3.32. The van der Waals surface area contributed by atoms with Gasteiger partial charge in [-0.25, -0.2) is 14.6 Å². The number of alkyl carbamates (subject to hydrolysis) is 1. The molecular weight excluding hydrogens is 648 g/mol. The second-order valence-electron chi connectivity index (χ2n) is 14.1. The number of rotatable bonds is 8. The largest absolute Gasteiger partial charge is 0.444 e. The maximum Gasteiger partial charge on any atom is 0.412 e. The maximum atomic E-state index is 14.2. The molecule has 13 heteroatoms. The van der Waals surface area contributed by atoms with E-state index in [1.807, 2.05) is 75.4 Å². The number of pyridine rings is 2. The zero-order valence-electron chi connectivity index (χ0n) is 29.6. The van der Waals surface area contributed by atoms with E-state index in [0.29, 0.717) is 24.3 Å². The SMILES string of the molecule is C[C@@H]1CC(NC(=O)OC(C)(C)C)CN(c2ccncc2NC(=O)c2nc3cc(N4CCNCC4)ccc3cc2NC(=O)OCc2ccccc2)C1. The molecule has 0 spiro atoms. The minimum atomic E-state index is -0.709. The first-order chi connectivity index (χ1) is 24.5. The maximum absolute atomic E-state index is 14.2. The summed E-state index contributed by atoms with van der Waals surface area (Å²) in [6.07, 6.45) is 2.87. The van der Waals surface area contributed by atoms with Crippen molar-refractivity contribution < 1.29 is 23.9 Å². The highest BCUT2D eigenvalue weighted by molar-refractivity contribution is 6.11. The lowest BCUT2D eigenvalue weighted by molar-refractivity contribution is 0.0495. The summed E-state index contributed by atoms with van der Waals surface area (Å²) in [6.45, 7) is 12.4. The van der Waals surface area contributed by atoms with Gasteiger partial charge in [0, 0.05) is 62.6 Å². The summed E-state index contributed by atoms with van der Waals surface area (Å²) in [7, 11) is 0. The van der Waals surface area contributed by atoms with Gasteiger partial charge in [-0.15, -0.1) is 0 Å². The minimum absolute atomic E-state index is 0.0305. The standard InChI is InChI=1S/C38H46N8O5/c1-25-18-28(41-37(49)51-38(2,3)4)23-46(22-25)33-12-13-40-21-32(33)43-35(47)34-31(44-36(48)50-24-26-8-6-5-7-9-26)19-27-10-11-29(20-30(27)42-34)45-16-14-39-15-17-45/h5-13,19-21,25,28,39H,14-18,22-24H2,1-4H3,(H,41,49)(H,43,47)(H,44,48)/t25-,28?/m1/s1. The molecule has 2 fully saturated rings. The van der Waals surface area contributed by atoms with E-state index < -0.39 is 23.7 Å². The molecule has 268 valence electrons. The number of hydrogen-bond donors (Lipinski definition) is 4. The van der Waals surface area contributed by atoms with Gasteiger partial charge in [0.2, 0.25) is 0 Å². The van der Waals surface area contributed by atoms with Gasteiger partial charge in [0.15, 0.2) is 5.69 Å². The Hall–Kier alpha value is -5.43. The highest BCUT2D eigenvalue weighted by atomic mass is 16.6. The molecule has 2 aromatic heterocycles. The lowest BCUT2D eigenvalue weighted by Gasteiger charge is -2.39. The number of nitrogens with one attached hydrogen (secondary N) is 4. The van der Waals surface area contributed by atoms with Gasteiger partial charge in [-0.2, -0.15) is 0 Å². The molecule has 0 bridgehead atoms. The van der Waals surface area contributed by atoms with Gasteiger partial charge in [0.05, 0.1) is 28.8 Å². The van der Waals surface area contributed by atoms with Crippen molar-refractivity contribution in [1.29, 1.82) is 0 Å². The van der Waals surface area contributed by atoms with Crippen LogP contribution in [-0.4, -0.2) is 79.0 Å². The van der Waals surface area contributed by atoms with Crippen LogP contribution < -0.4 is 31.1 Å². The molecule has 4 heterocycles. The highest BCUT2D eigenvalue weighted by Crippen LogP contribution is 2.31. The second kappa shape index (κ2) is 15.6. The minimum Gasteiger partial charge on any atom is -0.444 e. The molecule has 2 aromatic carbocycles. The molecule has 2 aliphatic heterocycles. The number of amides is 3. The summed E-state index contributed by atoms with van der Waals surface area (Å²) in [5.74, 6) is -0.272. The zero-order valence-corrected chi connectivity index (χ0v) is 29.6. The fourth-order valence-electron chi connectivity index (χ4n) is 6.48. The summed E-state index contributed by atoms with van der Waals surface area (Å²) in [4.78, 5) is 53.3. The third kappa shape index (κ3) is 9.43. The molecule has 13 nitrogen and oxygen atoms in total. The van der Waals surface area contributed by atoms with Crippen LogP contribution in [0.4, 0.5) is 32.3 Å². The van der Waals surface area contributed by atoms with Crippen molar-refractivity contribution in [3.8, 4) is 0 Å². The van der Waals surface area contributed by atoms with E-state index in [1.165, 1.54) is 0 Å². The normalized spacial score (nSPS) is 17.8. The second-order valence-corrected chi connectivity index (χ2v) is 14.1. The molecule has 2 saturated heterocycles. The van der Waals surface area contributed by atoms with E-state index in [-0.39, 0.29) is 29.9 Å². The molecule has 2 atom stereocenters. The Bertz CT molecular complexity index is 1860. The predicted molar refractivity (Wildman–Crippen MR) is 198 cm³/mol. The lowest BCUT2D eigenvalue weighted by atomic mass is 9.95. The zero-order chi connectivity index (χ0) is 36.0. The van der Waals surface area contributed by atoms with Crippen LogP contribution in [0.1, 0.15) is 50.2 Å². The molecular formula is C38H46N8O5. The van der Waals surface area contributed by atoms with Crippen LogP contribution in [0, 0.1) is 5.92 Å². The number of fused-ring (bicyclic) bond motifs is 1. The van der Waals surface area contributed by atoms with E-state index in [9.17, 15) is 14.4 Å². The van der Waals surface area contributed by atoms with Crippen LogP contribution >= 0.6 is 0 Å². The van der Waals surface area contributed by atoms with Gasteiger partial charge in [-0.3, -0.25) is 15.1 Å². The fraction of sp³-hybridized carbons (Fsp3) is 0.395. The quantitative estimate of drug-likeness (QED) is 0.179. The van der Waals surface area contributed by atoms with E-state index in [4.69, 9.17) is 14.5 Å². The Kier molecular flexibility index (Phi) is 10.8. The van der Waals surface area contributed by atoms with Crippen LogP contribution in [-0.2, 0) is 16.1 Å². The molecule has 4 aromatic rings. The number of anilines is 4. The number of carbonyl (C=O) groups is 3. The average molecular weight is 695 g/mol. The molecule has 6 rings (SSSR count). The first kappa shape index (κ1) is 35.4. The first-order valence-electron chi connectivity index (χ1n) is 17.4. The Morgan fingerprint density at radius 2 is 1.71 bits per heavy atom. The van der Waals surface area contributed by atoms with Crippen molar-refractivity contribution in [3.05, 3.63) is 84.3 Å². The number of piperazine rings is 1. The van der Waals surface area contributed by atoms with Crippen LogP contribution in [0.15, 0.2) is 73.1 Å². The Morgan fingerprint density at radius 3 is 2.47 bits per heavy atom. The Labute approximate surface area is 298 Å². The van der Waals surface area contributed by atoms with Crippen molar-refractivity contribution in [2.45, 2.75) is 52.4 Å². The summed E-state index contributed by atoms with van der Waals surface area (Å²) in [5, 5.41) is 12.9. The molecule has 4 N–H and O–H groups in total. The lowest BCUT2D eigenvalue weighted by Crippen LogP contribution is -2.51. The third-order valence-corrected chi connectivity index (χ3v) is 8.72. The fourth-order valence-corrected chi connectivity index (χ4v) is 6.48. The van der Waals surface area contributed by atoms with Gasteiger partial charge in [0.1, 0.15) is 12.2 Å². The van der Waals surface area contributed by atoms with Crippen LogP contribution in [0.3, 0.4) is 0 Å². The van der Waals surface area contributed by atoms with Crippen LogP contribution in [0.2, 0.25) is 0 Å². The number of hydrogen-bond acceptors (Lipinski definition) is 10. The number of nitrogens with zero attached hydrogens (tertiary/aromatic N) is 4. The number of benzene rings is 2. The predicted octanol–water partition coefficient (Wildman–Crippen LogP) is 5.78. The highest BCUT2D eigenvalue weighted by Gasteiger charge is 2.30. The molecule has 3 amide bonds. The van der Waals surface area contributed by atoms with Crippen molar-refractivity contribution in [3.63, 3.8) is 0 Å². The molecule has 1 unspecified atom stereocenters. The van der Waals surface area contributed by atoms with E-state index >= 15 is 0 Å². The molecule has 2 aliphatic rings. The number of aromatic nitrogens is 2. The van der Waals surface area contributed by atoms with Gasteiger partial charge in [-0.05, 0) is 62.9 Å². The Morgan fingerprint density at radius 1 is 0.922 bits per heavy atom. The van der Waals surface area contributed by atoms with E-state index in [0.717, 1.165) is 54.9 Å². The number of ether oxygens (including phenoxy) is 2. The first-order valence-corrected chi connectivity index (χ1v) is 17.4. The van der Waals surface area contributed by atoms with Gasteiger partial charge in [0.25, 0.3) is 5.91 Å². The monoisotopic (exact) mass is 694 g/mol. The van der Waals surface area contributed by atoms with Crippen molar-refractivity contribution >= 4 is 51.7 Å².